The summed E-state index contributed by atoms with van der Waals surface area (Å²) in [7, 11) is -3.75. The van der Waals surface area contributed by atoms with E-state index in [-0.39, 0.29) is 23.2 Å². The van der Waals surface area contributed by atoms with Gasteiger partial charge in [0.2, 0.25) is 0 Å². The number of thiophene rings is 1. The number of carbonyl (C=O) groups excluding carboxylic acids is 1. The zero-order chi connectivity index (χ0) is 23.4. The molecule has 0 aliphatic carbocycles. The third-order valence-electron chi connectivity index (χ3n) is 5.00. The zero-order valence-corrected chi connectivity index (χ0v) is 19.3. The van der Waals surface area contributed by atoms with Crippen LogP contribution in [0.2, 0.25) is 0 Å². The number of aryl methyl sites for hydroxylation is 1. The van der Waals surface area contributed by atoms with Crippen LogP contribution in [-0.2, 0) is 16.6 Å². The van der Waals surface area contributed by atoms with Crippen molar-refractivity contribution in [3.63, 3.8) is 0 Å². The van der Waals surface area contributed by atoms with Crippen molar-refractivity contribution >= 4 is 33.0 Å². The average Bonchev–Trinajstić information content (AvgIpc) is 3.21. The van der Waals surface area contributed by atoms with Gasteiger partial charge in [0.25, 0.3) is 15.9 Å². The first kappa shape index (κ1) is 22.7. The molecule has 0 fully saturated rings. The Kier molecular flexibility index (Phi) is 6.57. The second kappa shape index (κ2) is 9.56. The molecule has 168 valence electrons. The van der Waals surface area contributed by atoms with Gasteiger partial charge in [-0.25, -0.2) is 12.8 Å². The van der Waals surface area contributed by atoms with Crippen LogP contribution < -0.4 is 10.0 Å². The maximum absolute atomic E-state index is 13.2. The SMILES string of the molecule is Cc1cc(C(=O)NCc2ccccc2NS(=O)(=O)c2ccccc2)sc1-c1ccc(F)cc1. The van der Waals surface area contributed by atoms with E-state index in [4.69, 9.17) is 0 Å². The number of rotatable bonds is 7. The summed E-state index contributed by atoms with van der Waals surface area (Å²) in [5.41, 5.74) is 2.81. The number of hydrogen-bond acceptors (Lipinski definition) is 4. The van der Waals surface area contributed by atoms with Crippen LogP contribution in [0.3, 0.4) is 0 Å². The summed E-state index contributed by atoms with van der Waals surface area (Å²) in [5.74, 6) is -0.579. The Labute approximate surface area is 196 Å². The molecule has 33 heavy (non-hydrogen) atoms. The molecular weight excluding hydrogens is 459 g/mol. The van der Waals surface area contributed by atoms with Crippen molar-refractivity contribution in [1.82, 2.24) is 5.32 Å². The average molecular weight is 481 g/mol. The normalized spacial score (nSPS) is 11.2. The van der Waals surface area contributed by atoms with Gasteiger partial charge in [-0.05, 0) is 60.0 Å². The molecule has 1 aromatic heterocycles. The summed E-state index contributed by atoms with van der Waals surface area (Å²) in [4.78, 5) is 14.4. The lowest BCUT2D eigenvalue weighted by Gasteiger charge is -2.13. The molecule has 5 nitrogen and oxygen atoms in total. The summed E-state index contributed by atoms with van der Waals surface area (Å²) in [6.45, 7) is 2.05. The third kappa shape index (κ3) is 5.30. The maximum atomic E-state index is 13.2. The molecule has 0 bridgehead atoms. The molecule has 0 aliphatic rings. The number of nitrogens with one attached hydrogen (secondary N) is 2. The van der Waals surface area contributed by atoms with Crippen molar-refractivity contribution in [2.75, 3.05) is 4.72 Å². The van der Waals surface area contributed by atoms with Gasteiger partial charge in [0.1, 0.15) is 5.82 Å². The summed E-state index contributed by atoms with van der Waals surface area (Å²) in [6, 6.07) is 23.0. The van der Waals surface area contributed by atoms with Crippen molar-refractivity contribution in [2.24, 2.45) is 0 Å². The number of halogens is 1. The number of amides is 1. The second-order valence-electron chi connectivity index (χ2n) is 7.39. The highest BCUT2D eigenvalue weighted by Crippen LogP contribution is 2.32. The fraction of sp³-hybridized carbons (Fsp3) is 0.0800. The summed E-state index contributed by atoms with van der Waals surface area (Å²) in [6.07, 6.45) is 0. The molecule has 0 saturated carbocycles. The van der Waals surface area contributed by atoms with E-state index in [9.17, 15) is 17.6 Å². The minimum atomic E-state index is -3.75. The summed E-state index contributed by atoms with van der Waals surface area (Å²) >= 11 is 1.33. The number of para-hydroxylation sites is 1. The van der Waals surface area contributed by atoms with Crippen molar-refractivity contribution in [1.29, 1.82) is 0 Å². The van der Waals surface area contributed by atoms with E-state index in [0.717, 1.165) is 16.0 Å². The van der Waals surface area contributed by atoms with Crippen LogP contribution in [0.4, 0.5) is 10.1 Å². The molecule has 1 amide bonds. The molecule has 0 aliphatic heterocycles. The van der Waals surface area contributed by atoms with Gasteiger partial charge >= 0.3 is 0 Å². The number of carbonyl (C=O) groups is 1. The Morgan fingerprint density at radius 1 is 0.939 bits per heavy atom. The second-order valence-corrected chi connectivity index (χ2v) is 10.1. The van der Waals surface area contributed by atoms with Gasteiger partial charge in [-0.15, -0.1) is 11.3 Å². The van der Waals surface area contributed by atoms with E-state index in [1.807, 2.05) is 6.92 Å². The molecule has 8 heteroatoms. The van der Waals surface area contributed by atoms with E-state index >= 15 is 0 Å². The van der Waals surface area contributed by atoms with Crippen LogP contribution in [-0.4, -0.2) is 14.3 Å². The van der Waals surface area contributed by atoms with E-state index in [1.165, 1.54) is 35.6 Å². The van der Waals surface area contributed by atoms with E-state index in [1.54, 1.807) is 60.7 Å². The van der Waals surface area contributed by atoms with Gasteiger partial charge in [-0.1, -0.05) is 48.5 Å². The van der Waals surface area contributed by atoms with Gasteiger partial charge in [0.05, 0.1) is 15.5 Å². The van der Waals surface area contributed by atoms with Crippen LogP contribution in [0.15, 0.2) is 89.8 Å². The number of hydrogen-bond donors (Lipinski definition) is 2. The lowest BCUT2D eigenvalue weighted by molar-refractivity contribution is 0.0955. The minimum absolute atomic E-state index is 0.148. The smallest absolute Gasteiger partial charge is 0.261 e. The van der Waals surface area contributed by atoms with Crippen molar-refractivity contribution in [2.45, 2.75) is 18.4 Å². The molecule has 0 saturated heterocycles. The van der Waals surface area contributed by atoms with Crippen molar-refractivity contribution in [3.8, 4) is 10.4 Å². The third-order valence-corrected chi connectivity index (χ3v) is 7.67. The van der Waals surface area contributed by atoms with Crippen molar-refractivity contribution < 1.29 is 17.6 Å². The lowest BCUT2D eigenvalue weighted by Crippen LogP contribution is -2.23. The Balaban J connectivity index is 1.49. The first-order chi connectivity index (χ1) is 15.8. The van der Waals surface area contributed by atoms with Crippen LogP contribution >= 0.6 is 11.3 Å². The molecular formula is C25H21FN2O3S2. The quantitative estimate of drug-likeness (QED) is 0.362. The van der Waals surface area contributed by atoms with Gasteiger partial charge in [0.15, 0.2) is 0 Å². The van der Waals surface area contributed by atoms with Crippen LogP contribution in [0.1, 0.15) is 20.8 Å². The topological polar surface area (TPSA) is 75.3 Å². The van der Waals surface area contributed by atoms with Crippen LogP contribution in [0, 0.1) is 12.7 Å². The van der Waals surface area contributed by atoms with Gasteiger partial charge in [-0.2, -0.15) is 0 Å². The molecule has 1 heterocycles. The molecule has 4 aromatic rings. The molecule has 4 rings (SSSR count). The molecule has 0 unspecified atom stereocenters. The maximum Gasteiger partial charge on any atom is 0.261 e. The van der Waals surface area contributed by atoms with Crippen LogP contribution in [0.5, 0.6) is 0 Å². The lowest BCUT2D eigenvalue weighted by atomic mass is 10.1. The van der Waals surface area contributed by atoms with E-state index in [2.05, 4.69) is 10.0 Å². The monoisotopic (exact) mass is 480 g/mol. The summed E-state index contributed by atoms with van der Waals surface area (Å²) < 4.78 is 41.2. The largest absolute Gasteiger partial charge is 0.347 e. The predicted octanol–water partition coefficient (Wildman–Crippen LogP) is 5.59. The number of anilines is 1. The standard InChI is InChI=1S/C25H21FN2O3S2/c1-17-15-23(32-24(17)18-11-13-20(26)14-12-18)25(29)27-16-19-7-5-6-10-22(19)28-33(30,31)21-8-3-2-4-9-21/h2-15,28H,16H2,1H3,(H,27,29). The molecule has 3 aromatic carbocycles. The minimum Gasteiger partial charge on any atom is -0.347 e. The number of sulfonamides is 1. The fourth-order valence-electron chi connectivity index (χ4n) is 3.32. The predicted molar refractivity (Wildman–Crippen MR) is 129 cm³/mol. The van der Waals surface area contributed by atoms with Gasteiger partial charge < -0.3 is 5.32 Å². The first-order valence-electron chi connectivity index (χ1n) is 10.1. The molecule has 0 spiro atoms. The van der Waals surface area contributed by atoms with E-state index < -0.39 is 10.0 Å². The fourth-order valence-corrected chi connectivity index (χ4v) is 5.54. The van der Waals surface area contributed by atoms with Gasteiger partial charge in [0, 0.05) is 11.4 Å². The molecule has 2 N–H and O–H groups in total. The highest BCUT2D eigenvalue weighted by atomic mass is 32.2. The Morgan fingerprint density at radius 2 is 1.61 bits per heavy atom. The highest BCUT2D eigenvalue weighted by Gasteiger charge is 2.17. The van der Waals surface area contributed by atoms with Crippen molar-refractivity contribution in [3.05, 3.63) is 107 Å². The van der Waals surface area contributed by atoms with E-state index in [0.29, 0.717) is 16.1 Å². The Morgan fingerprint density at radius 3 is 2.33 bits per heavy atom. The zero-order valence-electron chi connectivity index (χ0n) is 17.7. The number of benzene rings is 3. The highest BCUT2D eigenvalue weighted by molar-refractivity contribution is 7.92. The molecule has 0 atom stereocenters. The Bertz CT molecular complexity index is 1380. The molecule has 0 radical (unpaired) electrons. The Hall–Kier alpha value is -3.49. The van der Waals surface area contributed by atoms with Crippen LogP contribution in [0.25, 0.3) is 10.4 Å². The first-order valence-corrected chi connectivity index (χ1v) is 12.4. The summed E-state index contributed by atoms with van der Waals surface area (Å²) in [5, 5.41) is 2.86. The van der Waals surface area contributed by atoms with Gasteiger partial charge in [-0.3, -0.25) is 9.52 Å².